The molecule has 1 heterocycles. The highest BCUT2D eigenvalue weighted by Crippen LogP contribution is 2.26. The van der Waals surface area contributed by atoms with Crippen LogP contribution >= 0.6 is 0 Å². The molecule has 0 bridgehead atoms. The molecule has 0 aromatic heterocycles. The molecule has 0 saturated heterocycles. The van der Waals surface area contributed by atoms with Crippen LogP contribution in [0.25, 0.3) is 0 Å². The number of alkyl carbamates (subject to hydrolysis) is 1. The van der Waals surface area contributed by atoms with Gasteiger partial charge in [-0.05, 0) is 41.5 Å². The van der Waals surface area contributed by atoms with Crippen molar-refractivity contribution < 1.29 is 33.8 Å². The molecule has 4 rings (SSSR count). The number of carbonyl (C=O) groups excluding carboxylic acids is 4. The quantitative estimate of drug-likeness (QED) is 0.150. The maximum absolute atomic E-state index is 13.7. The van der Waals surface area contributed by atoms with Crippen LogP contribution in [0.4, 0.5) is 4.79 Å². The Kier molecular flexibility index (Phi) is 13.5. The van der Waals surface area contributed by atoms with Gasteiger partial charge in [-0.15, -0.1) is 13.2 Å². The molecule has 3 aromatic rings. The smallest absolute Gasteiger partial charge is 0.408 e. The van der Waals surface area contributed by atoms with Crippen LogP contribution in [-0.4, -0.2) is 59.2 Å². The average Bonchev–Trinajstić information content (AvgIpc) is 3.12. The molecular formula is C38H43N3O7. The molecule has 10 heteroatoms. The Balaban J connectivity index is 1.40. The first-order chi connectivity index (χ1) is 23.3. The first-order valence-corrected chi connectivity index (χ1v) is 16.0. The molecule has 4 atom stereocenters. The van der Waals surface area contributed by atoms with E-state index in [0.29, 0.717) is 18.5 Å². The molecule has 0 radical (unpaired) electrons. The van der Waals surface area contributed by atoms with Gasteiger partial charge in [0.15, 0.2) is 0 Å². The van der Waals surface area contributed by atoms with Crippen molar-refractivity contribution in [1.29, 1.82) is 0 Å². The van der Waals surface area contributed by atoms with Crippen molar-refractivity contribution in [3.8, 4) is 0 Å². The lowest BCUT2D eigenvalue weighted by Gasteiger charge is -2.36. The molecule has 0 spiro atoms. The topological polar surface area (TPSA) is 134 Å². The van der Waals surface area contributed by atoms with Gasteiger partial charge in [0, 0.05) is 13.0 Å². The highest BCUT2D eigenvalue weighted by atomic mass is 16.6. The molecular weight excluding hydrogens is 610 g/mol. The van der Waals surface area contributed by atoms with Gasteiger partial charge in [0.25, 0.3) is 0 Å². The number of ether oxygens (including phenoxy) is 2. The molecule has 1 aliphatic heterocycles. The zero-order valence-corrected chi connectivity index (χ0v) is 27.0. The molecule has 1 aliphatic rings. The van der Waals surface area contributed by atoms with Gasteiger partial charge >= 0.3 is 12.1 Å². The lowest BCUT2D eigenvalue weighted by Crippen LogP contribution is -2.47. The van der Waals surface area contributed by atoms with Gasteiger partial charge in [0.1, 0.15) is 19.3 Å². The Hall–Kier alpha value is -5.22. The Morgan fingerprint density at radius 2 is 1.50 bits per heavy atom. The minimum absolute atomic E-state index is 0.0325. The summed E-state index contributed by atoms with van der Waals surface area (Å²) in [5.41, 5.74) is 3.59. The maximum atomic E-state index is 13.7. The number of nitrogens with zero attached hydrogens (tertiary/aromatic N) is 1. The van der Waals surface area contributed by atoms with Crippen LogP contribution in [0.5, 0.6) is 0 Å². The van der Waals surface area contributed by atoms with Gasteiger partial charge in [-0.3, -0.25) is 9.59 Å². The number of amides is 3. The summed E-state index contributed by atoms with van der Waals surface area (Å²) in [6.07, 6.45) is 3.07. The zero-order chi connectivity index (χ0) is 34.3. The van der Waals surface area contributed by atoms with Crippen molar-refractivity contribution in [3.63, 3.8) is 0 Å². The summed E-state index contributed by atoms with van der Waals surface area (Å²) in [6.45, 7) is 7.42. The monoisotopic (exact) mass is 653 g/mol. The van der Waals surface area contributed by atoms with Gasteiger partial charge in [-0.25, -0.2) is 9.59 Å². The van der Waals surface area contributed by atoms with Crippen LogP contribution in [0.3, 0.4) is 0 Å². The number of hydrogen-bond acceptors (Lipinski definition) is 7. The van der Waals surface area contributed by atoms with E-state index >= 15 is 0 Å². The molecule has 252 valence electrons. The Bertz CT molecular complexity index is 1550. The van der Waals surface area contributed by atoms with Crippen molar-refractivity contribution in [3.05, 3.63) is 132 Å². The third-order valence-electron chi connectivity index (χ3n) is 8.23. The fraction of sp³-hybridized carbons (Fsp3) is 0.316. The summed E-state index contributed by atoms with van der Waals surface area (Å²) >= 11 is 0. The van der Waals surface area contributed by atoms with E-state index in [0.717, 1.165) is 16.7 Å². The van der Waals surface area contributed by atoms with Crippen LogP contribution in [0.2, 0.25) is 0 Å². The first kappa shape index (κ1) is 35.6. The van der Waals surface area contributed by atoms with Gasteiger partial charge in [0.2, 0.25) is 11.8 Å². The molecule has 48 heavy (non-hydrogen) atoms. The van der Waals surface area contributed by atoms with Gasteiger partial charge in [-0.1, -0.05) is 97.1 Å². The number of aliphatic hydroxyl groups is 1. The van der Waals surface area contributed by atoms with Gasteiger partial charge in [-0.2, -0.15) is 0 Å². The average molecular weight is 654 g/mol. The van der Waals surface area contributed by atoms with E-state index in [1.807, 2.05) is 60.7 Å². The second-order valence-electron chi connectivity index (χ2n) is 11.6. The molecule has 0 saturated carbocycles. The predicted octanol–water partition coefficient (Wildman–Crippen LogP) is 4.79. The van der Waals surface area contributed by atoms with Gasteiger partial charge < -0.3 is 30.1 Å². The highest BCUT2D eigenvalue weighted by molar-refractivity contribution is 5.86. The SMILES string of the molecule is C=CC[C@H](CC(=O)N1Cc2ccccc2C[C@H]1CO)C(=O)N[C@@H](COC(=O)[C@@H](CC=C)NC(=O)OCc1ccccc1)c1ccccc1. The molecule has 0 fully saturated rings. The minimum atomic E-state index is -1.06. The van der Waals surface area contributed by atoms with Crippen molar-refractivity contribution in [1.82, 2.24) is 15.5 Å². The Morgan fingerprint density at radius 3 is 2.17 bits per heavy atom. The van der Waals surface area contributed by atoms with Crippen LogP contribution in [0.15, 0.2) is 110 Å². The lowest BCUT2D eigenvalue weighted by molar-refractivity contribution is -0.147. The van der Waals surface area contributed by atoms with E-state index < -0.39 is 36.0 Å². The number of esters is 1. The fourth-order valence-electron chi connectivity index (χ4n) is 5.60. The number of rotatable bonds is 16. The van der Waals surface area contributed by atoms with Crippen LogP contribution in [0, 0.1) is 5.92 Å². The molecule has 3 aromatic carbocycles. The van der Waals surface area contributed by atoms with Gasteiger partial charge in [0.05, 0.1) is 24.6 Å². The molecule has 3 amide bonds. The van der Waals surface area contributed by atoms with E-state index in [9.17, 15) is 24.3 Å². The number of benzene rings is 3. The Morgan fingerprint density at radius 1 is 0.854 bits per heavy atom. The van der Waals surface area contributed by atoms with Crippen molar-refractivity contribution >= 4 is 23.9 Å². The second kappa shape index (κ2) is 18.2. The van der Waals surface area contributed by atoms with E-state index in [1.165, 1.54) is 6.08 Å². The number of carbonyl (C=O) groups is 4. The van der Waals surface area contributed by atoms with Crippen LogP contribution in [0.1, 0.15) is 47.6 Å². The molecule has 0 aliphatic carbocycles. The Labute approximate surface area is 281 Å². The van der Waals surface area contributed by atoms with Crippen molar-refractivity contribution in [2.75, 3.05) is 13.2 Å². The van der Waals surface area contributed by atoms with Crippen LogP contribution in [-0.2, 0) is 43.4 Å². The van der Waals surface area contributed by atoms with Crippen LogP contribution < -0.4 is 10.6 Å². The normalized spacial score (nSPS) is 15.5. The number of fused-ring (bicyclic) bond motifs is 1. The summed E-state index contributed by atoms with van der Waals surface area (Å²) in [7, 11) is 0. The third kappa shape index (κ3) is 10.1. The maximum Gasteiger partial charge on any atom is 0.408 e. The predicted molar refractivity (Wildman–Crippen MR) is 181 cm³/mol. The molecule has 3 N–H and O–H groups in total. The zero-order valence-electron chi connectivity index (χ0n) is 27.0. The highest BCUT2D eigenvalue weighted by Gasteiger charge is 2.33. The first-order valence-electron chi connectivity index (χ1n) is 16.0. The van der Waals surface area contributed by atoms with E-state index in [2.05, 4.69) is 23.8 Å². The number of nitrogens with one attached hydrogen (secondary N) is 2. The standard InChI is InChI=1S/C38H43N3O7/c1-3-13-30(22-35(43)41-23-31-20-12-11-19-29(31)21-32(41)24-42)36(44)39-34(28-17-9-6-10-18-28)26-47-37(45)33(14-4-2)40-38(46)48-25-27-15-7-5-8-16-27/h3-12,15-20,30,32-34,42H,1-2,13-14,21-26H2,(H,39,44)(H,40,46)/t30-,32+,33-,34+/m1/s1. The summed E-state index contributed by atoms with van der Waals surface area (Å²) < 4.78 is 10.9. The van der Waals surface area contributed by atoms with E-state index in [-0.39, 0.29) is 51.0 Å². The van der Waals surface area contributed by atoms with Crippen molar-refractivity contribution in [2.45, 2.75) is 57.0 Å². The fourth-order valence-corrected chi connectivity index (χ4v) is 5.60. The van der Waals surface area contributed by atoms with E-state index in [1.54, 1.807) is 35.2 Å². The second-order valence-corrected chi connectivity index (χ2v) is 11.6. The number of allylic oxidation sites excluding steroid dienone is 1. The third-order valence-corrected chi connectivity index (χ3v) is 8.23. The summed E-state index contributed by atoms with van der Waals surface area (Å²) in [4.78, 5) is 54.5. The molecule has 10 nitrogen and oxygen atoms in total. The largest absolute Gasteiger partial charge is 0.462 e. The molecule has 0 unspecified atom stereocenters. The number of aliphatic hydroxyl groups excluding tert-OH is 1. The van der Waals surface area contributed by atoms with Crippen molar-refractivity contribution in [2.24, 2.45) is 5.92 Å². The number of hydrogen-bond donors (Lipinski definition) is 3. The van der Waals surface area contributed by atoms with E-state index in [4.69, 9.17) is 9.47 Å². The summed E-state index contributed by atoms with van der Waals surface area (Å²) in [6, 6.07) is 23.8. The lowest BCUT2D eigenvalue weighted by atomic mass is 9.92. The summed E-state index contributed by atoms with van der Waals surface area (Å²) in [5, 5.41) is 15.5. The summed E-state index contributed by atoms with van der Waals surface area (Å²) in [5.74, 6) is -2.12. The minimum Gasteiger partial charge on any atom is -0.462 e.